The largest absolute Gasteiger partial charge is 0.497 e. The standard InChI is InChI=1S/C30H34N6O7/c1-5-7-8-29-31-16-21(12-20(30(37)38)11-19-13-26-27(43-18-42-26)15-24(19)40-4)36(29)23-10-9-22(39-3)14-25(23)41-17-28-32-34-35(6-2)33-28/h9-10,12-16H,5-8,11,17-18H2,1-4H3,(H,37,38). The quantitative estimate of drug-likeness (QED) is 0.210. The molecule has 0 saturated carbocycles. The van der Waals surface area contributed by atoms with E-state index >= 15 is 0 Å². The number of aromatic nitrogens is 6. The van der Waals surface area contributed by atoms with Gasteiger partial charge in [-0.05, 0) is 42.8 Å². The first-order valence-electron chi connectivity index (χ1n) is 14.0. The molecule has 1 N–H and O–H groups in total. The highest BCUT2D eigenvalue weighted by molar-refractivity contribution is 5.92. The monoisotopic (exact) mass is 590 g/mol. The van der Waals surface area contributed by atoms with Gasteiger partial charge in [-0.2, -0.15) is 4.80 Å². The van der Waals surface area contributed by atoms with Crippen LogP contribution in [0, 0.1) is 0 Å². The maximum Gasteiger partial charge on any atom is 0.331 e. The first-order valence-corrected chi connectivity index (χ1v) is 14.0. The number of imidazole rings is 1. The third-order valence-electron chi connectivity index (χ3n) is 6.91. The van der Waals surface area contributed by atoms with Crippen LogP contribution in [0.5, 0.6) is 28.7 Å². The first kappa shape index (κ1) is 29.4. The van der Waals surface area contributed by atoms with Gasteiger partial charge in [0.2, 0.25) is 12.6 Å². The summed E-state index contributed by atoms with van der Waals surface area (Å²) in [5, 5.41) is 22.6. The van der Waals surface area contributed by atoms with Crippen molar-refractivity contribution in [2.75, 3.05) is 21.0 Å². The highest BCUT2D eigenvalue weighted by Gasteiger charge is 2.22. The van der Waals surface area contributed by atoms with E-state index in [1.807, 2.05) is 23.6 Å². The number of nitrogens with zero attached hydrogens (tertiary/aromatic N) is 6. The molecule has 0 radical (unpaired) electrons. The average molecular weight is 591 g/mol. The zero-order valence-corrected chi connectivity index (χ0v) is 24.6. The summed E-state index contributed by atoms with van der Waals surface area (Å²) in [5.74, 6) is 2.82. The van der Waals surface area contributed by atoms with Gasteiger partial charge in [0.05, 0.1) is 38.3 Å². The van der Waals surface area contributed by atoms with Crippen molar-refractivity contribution in [1.29, 1.82) is 0 Å². The third kappa shape index (κ3) is 6.55. The molecule has 0 saturated heterocycles. The van der Waals surface area contributed by atoms with Crippen LogP contribution in [0.1, 0.15) is 49.6 Å². The van der Waals surface area contributed by atoms with Gasteiger partial charge in [-0.3, -0.25) is 4.57 Å². The van der Waals surface area contributed by atoms with E-state index < -0.39 is 5.97 Å². The summed E-state index contributed by atoms with van der Waals surface area (Å²) in [7, 11) is 3.11. The molecular weight excluding hydrogens is 556 g/mol. The fourth-order valence-electron chi connectivity index (χ4n) is 4.69. The van der Waals surface area contributed by atoms with Gasteiger partial charge in [-0.15, -0.1) is 10.2 Å². The molecule has 2 aromatic carbocycles. The number of benzene rings is 2. The lowest BCUT2D eigenvalue weighted by Gasteiger charge is -2.17. The van der Waals surface area contributed by atoms with E-state index in [0.717, 1.165) is 18.7 Å². The Kier molecular flexibility index (Phi) is 9.08. The molecule has 0 amide bonds. The smallest absolute Gasteiger partial charge is 0.331 e. The maximum absolute atomic E-state index is 12.5. The van der Waals surface area contributed by atoms with Crippen molar-refractivity contribution in [3.05, 3.63) is 65.0 Å². The zero-order chi connectivity index (χ0) is 30.3. The molecule has 3 heterocycles. The number of carbonyl (C=O) groups is 1. The van der Waals surface area contributed by atoms with Gasteiger partial charge in [0.15, 0.2) is 18.1 Å². The van der Waals surface area contributed by atoms with Crippen molar-refractivity contribution >= 4 is 12.0 Å². The molecule has 43 heavy (non-hydrogen) atoms. The molecule has 0 aliphatic carbocycles. The minimum absolute atomic E-state index is 0.0780. The van der Waals surface area contributed by atoms with Crippen LogP contribution in [0.3, 0.4) is 0 Å². The molecule has 0 unspecified atom stereocenters. The highest BCUT2D eigenvalue weighted by atomic mass is 16.7. The Labute approximate surface area is 248 Å². The van der Waals surface area contributed by atoms with Gasteiger partial charge >= 0.3 is 5.97 Å². The number of aryl methyl sites for hydroxylation is 2. The van der Waals surface area contributed by atoms with Crippen LogP contribution >= 0.6 is 0 Å². The van der Waals surface area contributed by atoms with Gasteiger partial charge < -0.3 is 28.8 Å². The summed E-state index contributed by atoms with van der Waals surface area (Å²) in [6.07, 6.45) is 5.92. The predicted molar refractivity (Wildman–Crippen MR) is 155 cm³/mol. The number of fused-ring (bicyclic) bond motifs is 1. The van der Waals surface area contributed by atoms with Gasteiger partial charge in [-0.25, -0.2) is 9.78 Å². The number of hydrogen-bond donors (Lipinski definition) is 1. The van der Waals surface area contributed by atoms with Crippen molar-refractivity contribution in [3.8, 4) is 34.4 Å². The second-order valence-electron chi connectivity index (χ2n) is 9.72. The van der Waals surface area contributed by atoms with Crippen molar-refractivity contribution < 1.29 is 33.6 Å². The average Bonchev–Trinajstić information content (AvgIpc) is 3.77. The number of aliphatic carboxylic acids is 1. The van der Waals surface area contributed by atoms with Gasteiger partial charge in [0.1, 0.15) is 23.1 Å². The summed E-state index contributed by atoms with van der Waals surface area (Å²) in [4.78, 5) is 18.7. The Morgan fingerprint density at radius 3 is 2.60 bits per heavy atom. The number of tetrazole rings is 1. The number of hydrogen-bond acceptors (Lipinski definition) is 10. The molecule has 1 aliphatic heterocycles. The lowest BCUT2D eigenvalue weighted by Crippen LogP contribution is -2.09. The van der Waals surface area contributed by atoms with E-state index in [-0.39, 0.29) is 25.4 Å². The van der Waals surface area contributed by atoms with E-state index in [1.54, 1.807) is 37.6 Å². The van der Waals surface area contributed by atoms with Crippen molar-refractivity contribution in [3.63, 3.8) is 0 Å². The Morgan fingerprint density at radius 1 is 1.09 bits per heavy atom. The van der Waals surface area contributed by atoms with E-state index in [0.29, 0.717) is 64.5 Å². The fraction of sp³-hybridized carbons (Fsp3) is 0.367. The van der Waals surface area contributed by atoms with Crippen LogP contribution in [0.25, 0.3) is 11.8 Å². The van der Waals surface area contributed by atoms with E-state index in [9.17, 15) is 9.90 Å². The molecule has 13 heteroatoms. The molecular formula is C30H34N6O7. The minimum Gasteiger partial charge on any atom is -0.497 e. The summed E-state index contributed by atoms with van der Waals surface area (Å²) < 4.78 is 30.1. The number of carboxylic acid groups (broad SMARTS) is 1. The van der Waals surface area contributed by atoms with Crippen LogP contribution in [0.4, 0.5) is 0 Å². The number of rotatable bonds is 14. The molecule has 1 aliphatic rings. The van der Waals surface area contributed by atoms with E-state index in [1.165, 1.54) is 11.9 Å². The summed E-state index contributed by atoms with van der Waals surface area (Å²) in [5.41, 5.74) is 2.03. The molecule has 4 aromatic rings. The molecule has 0 fully saturated rings. The van der Waals surface area contributed by atoms with Gasteiger partial charge in [0.25, 0.3) is 0 Å². The van der Waals surface area contributed by atoms with Gasteiger partial charge in [0, 0.05) is 36.1 Å². The highest BCUT2D eigenvalue weighted by Crippen LogP contribution is 2.39. The molecule has 226 valence electrons. The maximum atomic E-state index is 12.5. The van der Waals surface area contributed by atoms with Crippen LogP contribution in [-0.4, -0.2) is 61.8 Å². The van der Waals surface area contributed by atoms with Crippen LogP contribution < -0.4 is 23.7 Å². The number of ether oxygens (including phenoxy) is 5. The van der Waals surface area contributed by atoms with E-state index in [2.05, 4.69) is 27.3 Å². The molecule has 0 atom stereocenters. The lowest BCUT2D eigenvalue weighted by molar-refractivity contribution is -0.132. The van der Waals surface area contributed by atoms with Crippen LogP contribution in [0.15, 0.2) is 42.1 Å². The lowest BCUT2D eigenvalue weighted by atomic mass is 10.0. The van der Waals surface area contributed by atoms with Crippen molar-refractivity contribution in [1.82, 2.24) is 29.8 Å². The normalized spacial score (nSPS) is 12.4. The second-order valence-corrected chi connectivity index (χ2v) is 9.72. The molecule has 5 rings (SSSR count). The number of carboxylic acids is 1. The number of unbranched alkanes of at least 4 members (excludes halogenated alkanes) is 1. The molecule has 2 aromatic heterocycles. The minimum atomic E-state index is -1.07. The van der Waals surface area contributed by atoms with Crippen LogP contribution in [0.2, 0.25) is 0 Å². The third-order valence-corrected chi connectivity index (χ3v) is 6.91. The Bertz CT molecular complexity index is 1630. The molecule has 0 bridgehead atoms. The van der Waals surface area contributed by atoms with Gasteiger partial charge in [-0.1, -0.05) is 13.3 Å². The Hall–Kier alpha value is -5.07. The van der Waals surface area contributed by atoms with Crippen LogP contribution in [-0.2, 0) is 30.8 Å². The molecule has 13 nitrogen and oxygen atoms in total. The number of methoxy groups -OCH3 is 2. The molecule has 0 spiro atoms. The fourth-order valence-corrected chi connectivity index (χ4v) is 4.69. The Morgan fingerprint density at radius 2 is 1.91 bits per heavy atom. The van der Waals surface area contributed by atoms with Crippen molar-refractivity contribution in [2.45, 2.75) is 52.7 Å². The zero-order valence-electron chi connectivity index (χ0n) is 24.6. The van der Waals surface area contributed by atoms with Crippen molar-refractivity contribution in [2.24, 2.45) is 0 Å². The van der Waals surface area contributed by atoms with E-state index in [4.69, 9.17) is 23.7 Å². The Balaban J connectivity index is 1.56. The SMILES string of the molecule is CCCCc1ncc(C=C(Cc2cc3c(cc2OC)OCO3)C(=O)O)n1-c1ccc(OC)cc1OCc1nnn(CC)n1. The topological polar surface area (TPSA) is 145 Å². The predicted octanol–water partition coefficient (Wildman–Crippen LogP) is 4.26. The summed E-state index contributed by atoms with van der Waals surface area (Å²) >= 11 is 0. The second kappa shape index (κ2) is 13.3. The first-order chi connectivity index (χ1) is 20.9. The summed E-state index contributed by atoms with van der Waals surface area (Å²) in [6.45, 7) is 4.80. The summed E-state index contributed by atoms with van der Waals surface area (Å²) in [6, 6.07) is 8.91.